The third kappa shape index (κ3) is 3.39. The molecule has 2 aliphatic heterocycles. The van der Waals surface area contributed by atoms with E-state index in [0.29, 0.717) is 13.1 Å². The Labute approximate surface area is 138 Å². The highest BCUT2D eigenvalue weighted by molar-refractivity contribution is 5.98. The topological polar surface area (TPSA) is 72.9 Å². The van der Waals surface area contributed by atoms with Crippen molar-refractivity contribution in [1.29, 1.82) is 0 Å². The minimum absolute atomic E-state index is 0.0175. The summed E-state index contributed by atoms with van der Waals surface area (Å²) in [5, 5.41) is 12.8. The van der Waals surface area contributed by atoms with Gasteiger partial charge in [-0.1, -0.05) is 0 Å². The van der Waals surface area contributed by atoms with E-state index in [1.54, 1.807) is 0 Å². The number of anilines is 1. The fourth-order valence-corrected chi connectivity index (χ4v) is 3.12. The molecule has 130 valence electrons. The van der Waals surface area contributed by atoms with E-state index in [0.717, 1.165) is 12.1 Å². The molecule has 0 aliphatic carbocycles. The van der Waals surface area contributed by atoms with Crippen molar-refractivity contribution < 1.29 is 23.5 Å². The van der Waals surface area contributed by atoms with E-state index in [1.165, 1.54) is 15.9 Å². The number of nitrogens with one attached hydrogen (secondary N) is 1. The Balaban J connectivity index is 1.62. The van der Waals surface area contributed by atoms with Crippen molar-refractivity contribution in [3.05, 3.63) is 29.8 Å². The number of carbonyl (C=O) groups excluding carboxylic acids is 2. The van der Waals surface area contributed by atoms with Crippen molar-refractivity contribution in [2.45, 2.75) is 12.5 Å². The lowest BCUT2D eigenvalue weighted by Crippen LogP contribution is -2.53. The maximum Gasteiger partial charge on any atom is 0.246 e. The summed E-state index contributed by atoms with van der Waals surface area (Å²) < 4.78 is 26.8. The van der Waals surface area contributed by atoms with Gasteiger partial charge in [-0.05, 0) is 12.1 Å². The standard InChI is InChI=1S/C16H19F2N3O3/c17-11-1-2-13(12(18)6-11)21-4-3-20(9-16(21)24)15(23)5-10-7-19-8-14(10)22/h1-2,6,10,14,19,22H,3-5,7-9H2/t10-,14-/m1/s1. The van der Waals surface area contributed by atoms with Crippen LogP contribution in [-0.4, -0.2) is 60.6 Å². The number of amides is 2. The van der Waals surface area contributed by atoms with Gasteiger partial charge in [-0.2, -0.15) is 0 Å². The number of rotatable bonds is 3. The fourth-order valence-electron chi connectivity index (χ4n) is 3.12. The molecule has 0 bridgehead atoms. The predicted molar refractivity (Wildman–Crippen MR) is 82.3 cm³/mol. The molecule has 0 unspecified atom stereocenters. The van der Waals surface area contributed by atoms with E-state index in [1.807, 2.05) is 0 Å². The summed E-state index contributed by atoms with van der Waals surface area (Å²) in [6.07, 6.45) is -0.383. The van der Waals surface area contributed by atoms with Crippen LogP contribution in [-0.2, 0) is 9.59 Å². The molecule has 2 atom stereocenters. The Kier molecular flexibility index (Phi) is 4.77. The predicted octanol–water partition coefficient (Wildman–Crippen LogP) is 0.110. The van der Waals surface area contributed by atoms with Gasteiger partial charge in [-0.25, -0.2) is 8.78 Å². The number of hydrogen-bond acceptors (Lipinski definition) is 4. The summed E-state index contributed by atoms with van der Waals surface area (Å²) in [4.78, 5) is 27.2. The van der Waals surface area contributed by atoms with Crippen LogP contribution >= 0.6 is 0 Å². The lowest BCUT2D eigenvalue weighted by atomic mass is 10.0. The van der Waals surface area contributed by atoms with Crippen LogP contribution in [0.25, 0.3) is 0 Å². The molecule has 0 aromatic heterocycles. The summed E-state index contributed by atoms with van der Waals surface area (Å²) in [6.45, 7) is 1.32. The molecule has 0 radical (unpaired) electrons. The minimum atomic E-state index is -0.803. The summed E-state index contributed by atoms with van der Waals surface area (Å²) >= 11 is 0. The highest BCUT2D eigenvalue weighted by atomic mass is 19.1. The average molecular weight is 339 g/mol. The zero-order valence-corrected chi connectivity index (χ0v) is 13.0. The zero-order chi connectivity index (χ0) is 17.3. The van der Waals surface area contributed by atoms with Gasteiger partial charge in [0.05, 0.1) is 11.8 Å². The summed E-state index contributed by atoms with van der Waals surface area (Å²) in [5.41, 5.74) is 0.0175. The van der Waals surface area contributed by atoms with Gasteiger partial charge in [-0.3, -0.25) is 9.59 Å². The molecule has 2 N–H and O–H groups in total. The largest absolute Gasteiger partial charge is 0.391 e. The van der Waals surface area contributed by atoms with E-state index < -0.39 is 23.6 Å². The number of β-amino-alcohol motifs (C(OH)–C–C–N with tert-alkyl or cyclic N) is 1. The summed E-state index contributed by atoms with van der Waals surface area (Å²) in [6, 6.07) is 3.05. The fraction of sp³-hybridized carbons (Fsp3) is 0.500. The first-order valence-corrected chi connectivity index (χ1v) is 7.87. The first kappa shape index (κ1) is 16.8. The third-order valence-electron chi connectivity index (χ3n) is 4.51. The molecule has 2 saturated heterocycles. The smallest absolute Gasteiger partial charge is 0.246 e. The average Bonchev–Trinajstić information content (AvgIpc) is 2.93. The molecular formula is C16H19F2N3O3. The van der Waals surface area contributed by atoms with Crippen molar-refractivity contribution in [3.63, 3.8) is 0 Å². The van der Waals surface area contributed by atoms with Crippen LogP contribution in [0.3, 0.4) is 0 Å². The number of halogens is 2. The first-order chi connectivity index (χ1) is 11.5. The maximum atomic E-state index is 13.8. The van der Waals surface area contributed by atoms with Gasteiger partial charge < -0.3 is 20.2 Å². The number of piperazine rings is 1. The summed E-state index contributed by atoms with van der Waals surface area (Å²) in [7, 11) is 0. The monoisotopic (exact) mass is 339 g/mol. The van der Waals surface area contributed by atoms with Gasteiger partial charge in [0.2, 0.25) is 11.8 Å². The van der Waals surface area contributed by atoms with Gasteiger partial charge >= 0.3 is 0 Å². The molecule has 0 saturated carbocycles. The Bertz CT molecular complexity index is 655. The number of aliphatic hydroxyl groups is 1. The normalized spacial score (nSPS) is 24.5. The molecule has 3 rings (SSSR count). The summed E-state index contributed by atoms with van der Waals surface area (Å²) in [5.74, 6) is -2.27. The Morgan fingerprint density at radius 3 is 2.71 bits per heavy atom. The SMILES string of the molecule is O=C(C[C@@H]1CNC[C@H]1O)N1CCN(c2ccc(F)cc2F)C(=O)C1. The maximum absolute atomic E-state index is 13.8. The number of carbonyl (C=O) groups is 2. The van der Waals surface area contributed by atoms with Gasteiger partial charge in [0.15, 0.2) is 0 Å². The second kappa shape index (κ2) is 6.82. The van der Waals surface area contributed by atoms with Crippen LogP contribution in [0.5, 0.6) is 0 Å². The molecule has 2 heterocycles. The highest BCUT2D eigenvalue weighted by Crippen LogP contribution is 2.23. The van der Waals surface area contributed by atoms with Crippen molar-refractivity contribution in [2.24, 2.45) is 5.92 Å². The highest BCUT2D eigenvalue weighted by Gasteiger charge is 2.33. The number of benzene rings is 1. The lowest BCUT2D eigenvalue weighted by Gasteiger charge is -2.35. The van der Waals surface area contributed by atoms with Gasteiger partial charge in [0, 0.05) is 44.6 Å². The molecule has 2 amide bonds. The Morgan fingerprint density at radius 2 is 2.08 bits per heavy atom. The van der Waals surface area contributed by atoms with E-state index in [9.17, 15) is 23.5 Å². The molecule has 1 aromatic carbocycles. The zero-order valence-electron chi connectivity index (χ0n) is 13.0. The molecule has 8 heteroatoms. The lowest BCUT2D eigenvalue weighted by molar-refractivity contribution is -0.138. The van der Waals surface area contributed by atoms with Gasteiger partial charge in [0.1, 0.15) is 18.2 Å². The Morgan fingerprint density at radius 1 is 1.29 bits per heavy atom. The number of nitrogens with zero attached hydrogens (tertiary/aromatic N) is 2. The molecule has 1 aromatic rings. The van der Waals surface area contributed by atoms with Gasteiger partial charge in [0.25, 0.3) is 0 Å². The molecule has 6 nitrogen and oxygen atoms in total. The van der Waals surface area contributed by atoms with Crippen LogP contribution in [0.15, 0.2) is 18.2 Å². The van der Waals surface area contributed by atoms with E-state index in [-0.39, 0.29) is 43.6 Å². The molecule has 2 fully saturated rings. The minimum Gasteiger partial charge on any atom is -0.391 e. The first-order valence-electron chi connectivity index (χ1n) is 7.87. The third-order valence-corrected chi connectivity index (χ3v) is 4.51. The van der Waals surface area contributed by atoms with Crippen molar-refractivity contribution >= 4 is 17.5 Å². The number of aliphatic hydroxyl groups excluding tert-OH is 1. The molecule has 0 spiro atoms. The second-order valence-corrected chi connectivity index (χ2v) is 6.15. The van der Waals surface area contributed by atoms with Crippen molar-refractivity contribution in [1.82, 2.24) is 10.2 Å². The van der Waals surface area contributed by atoms with E-state index >= 15 is 0 Å². The second-order valence-electron chi connectivity index (χ2n) is 6.15. The van der Waals surface area contributed by atoms with Crippen molar-refractivity contribution in [2.75, 3.05) is 37.6 Å². The Hall–Kier alpha value is -2.06. The quantitative estimate of drug-likeness (QED) is 0.820. The van der Waals surface area contributed by atoms with Crippen LogP contribution in [0.1, 0.15) is 6.42 Å². The van der Waals surface area contributed by atoms with Crippen LogP contribution in [0, 0.1) is 17.6 Å². The molecule has 24 heavy (non-hydrogen) atoms. The van der Waals surface area contributed by atoms with Crippen LogP contribution in [0.2, 0.25) is 0 Å². The van der Waals surface area contributed by atoms with Crippen LogP contribution < -0.4 is 10.2 Å². The van der Waals surface area contributed by atoms with E-state index in [4.69, 9.17) is 0 Å². The number of hydrogen-bond donors (Lipinski definition) is 2. The van der Waals surface area contributed by atoms with Crippen LogP contribution in [0.4, 0.5) is 14.5 Å². The molecular weight excluding hydrogens is 320 g/mol. The van der Waals surface area contributed by atoms with E-state index in [2.05, 4.69) is 5.32 Å². The van der Waals surface area contributed by atoms with Crippen molar-refractivity contribution in [3.8, 4) is 0 Å². The van der Waals surface area contributed by atoms with Gasteiger partial charge in [-0.15, -0.1) is 0 Å². The molecule has 2 aliphatic rings.